The fourth-order valence-corrected chi connectivity index (χ4v) is 3.04. The largest absolute Gasteiger partial charge is 0.448 e. The molecule has 0 N–H and O–H groups in total. The fraction of sp³-hybridized carbons (Fsp3) is 0.0952. The zero-order chi connectivity index (χ0) is 21.3. The van der Waals surface area contributed by atoms with Crippen molar-refractivity contribution in [3.8, 4) is 11.6 Å². The van der Waals surface area contributed by atoms with Gasteiger partial charge in [-0.15, -0.1) is 0 Å². The number of rotatable bonds is 4. The van der Waals surface area contributed by atoms with Crippen molar-refractivity contribution in [1.29, 1.82) is 0 Å². The van der Waals surface area contributed by atoms with Gasteiger partial charge in [-0.05, 0) is 24.3 Å². The molecule has 2 aromatic carbocycles. The van der Waals surface area contributed by atoms with Gasteiger partial charge in [-0.2, -0.15) is 13.2 Å². The van der Waals surface area contributed by atoms with E-state index in [1.54, 1.807) is 48.5 Å². The molecule has 0 radical (unpaired) electrons. The predicted molar refractivity (Wildman–Crippen MR) is 104 cm³/mol. The van der Waals surface area contributed by atoms with Crippen LogP contribution < -0.4 is 4.74 Å². The minimum Gasteiger partial charge on any atom is -0.448 e. The summed E-state index contributed by atoms with van der Waals surface area (Å²) in [4.78, 5) is 19.8. The average molecular weight is 433 g/mol. The number of carbonyl (C=O) groups is 1. The summed E-state index contributed by atoms with van der Waals surface area (Å²) in [5.41, 5.74) is 0.731. The first-order chi connectivity index (χ1) is 14.3. The molecule has 1 atom stereocenters. The van der Waals surface area contributed by atoms with E-state index >= 15 is 0 Å². The van der Waals surface area contributed by atoms with Gasteiger partial charge in [-0.1, -0.05) is 35.9 Å². The number of esters is 1. The Morgan fingerprint density at radius 3 is 2.70 bits per heavy atom. The Hall–Kier alpha value is -3.39. The van der Waals surface area contributed by atoms with E-state index in [1.807, 2.05) is 0 Å². The van der Waals surface area contributed by atoms with E-state index in [2.05, 4.69) is 9.98 Å². The number of nitrogens with zero attached hydrogens (tertiary/aromatic N) is 2. The number of hydrogen-bond acceptors (Lipinski definition) is 5. The van der Waals surface area contributed by atoms with Crippen LogP contribution in [0.2, 0.25) is 5.02 Å². The van der Waals surface area contributed by atoms with Crippen molar-refractivity contribution >= 4 is 29.5 Å². The number of cyclic esters (lactones) is 1. The normalized spacial score (nSPS) is 15.9. The number of pyridine rings is 1. The molecule has 0 fully saturated rings. The smallest absolute Gasteiger partial charge is 0.417 e. The van der Waals surface area contributed by atoms with Crippen molar-refractivity contribution in [3.63, 3.8) is 0 Å². The second-order valence-corrected chi connectivity index (χ2v) is 6.71. The third kappa shape index (κ3) is 4.13. The zero-order valence-corrected chi connectivity index (χ0v) is 15.8. The maximum atomic E-state index is 12.7. The summed E-state index contributed by atoms with van der Waals surface area (Å²) >= 11 is 5.87. The lowest BCUT2D eigenvalue weighted by Crippen LogP contribution is -2.05. The van der Waals surface area contributed by atoms with Gasteiger partial charge in [0.1, 0.15) is 10.8 Å². The lowest BCUT2D eigenvalue weighted by Gasteiger charge is -2.10. The van der Waals surface area contributed by atoms with Crippen LogP contribution in [0.1, 0.15) is 27.6 Å². The Bertz CT molecular complexity index is 1150. The molecule has 0 aliphatic carbocycles. The van der Waals surface area contributed by atoms with Crippen LogP contribution in [0.4, 0.5) is 18.9 Å². The predicted octanol–water partition coefficient (Wildman–Crippen LogP) is 6.16. The van der Waals surface area contributed by atoms with Gasteiger partial charge in [0.05, 0.1) is 23.0 Å². The minimum atomic E-state index is -4.55. The molecule has 3 aromatic rings. The van der Waals surface area contributed by atoms with Gasteiger partial charge in [-0.25, -0.2) is 9.78 Å². The van der Waals surface area contributed by atoms with Crippen molar-refractivity contribution in [2.45, 2.75) is 12.3 Å². The van der Waals surface area contributed by atoms with Crippen molar-refractivity contribution in [3.05, 3.63) is 82.5 Å². The van der Waals surface area contributed by atoms with Crippen LogP contribution in [-0.2, 0) is 10.9 Å². The molecule has 1 unspecified atom stereocenters. The summed E-state index contributed by atoms with van der Waals surface area (Å²) in [7, 11) is 0. The highest BCUT2D eigenvalue weighted by atomic mass is 35.5. The summed E-state index contributed by atoms with van der Waals surface area (Å²) in [5, 5.41) is -0.270. The number of fused-ring (bicyclic) bond motifs is 1. The minimum absolute atomic E-state index is 0.163. The topological polar surface area (TPSA) is 60.8 Å². The second kappa shape index (κ2) is 7.79. The van der Waals surface area contributed by atoms with E-state index in [0.717, 1.165) is 11.6 Å². The van der Waals surface area contributed by atoms with Crippen molar-refractivity contribution in [1.82, 2.24) is 4.98 Å². The van der Waals surface area contributed by atoms with Crippen LogP contribution in [0.3, 0.4) is 0 Å². The molecule has 1 aliphatic rings. The highest BCUT2D eigenvalue weighted by molar-refractivity contribution is 6.31. The number of aliphatic imine (C=N–C) groups is 1. The summed E-state index contributed by atoms with van der Waals surface area (Å²) in [6.07, 6.45) is -3.02. The standard InChI is InChI=1S/C21H12ClF3N2O3/c22-17-8-12(21(23,24)25)10-27-19(17)29-14-5-3-4-13(9-14)26-11-18-15-6-1-2-7-16(15)20(28)30-18/h1-11,18H. The van der Waals surface area contributed by atoms with Crippen molar-refractivity contribution < 1.29 is 27.4 Å². The SMILES string of the molecule is O=C1OC(C=Nc2cccc(Oc3ncc(C(F)(F)F)cc3Cl)c2)c2ccccc21. The van der Waals surface area contributed by atoms with Crippen LogP contribution in [0.15, 0.2) is 65.8 Å². The van der Waals surface area contributed by atoms with Crippen LogP contribution in [0.5, 0.6) is 11.6 Å². The van der Waals surface area contributed by atoms with Gasteiger partial charge in [-0.3, -0.25) is 4.99 Å². The molecule has 0 spiro atoms. The number of hydrogen-bond donors (Lipinski definition) is 0. The van der Waals surface area contributed by atoms with E-state index in [9.17, 15) is 18.0 Å². The molecule has 9 heteroatoms. The Kier molecular flexibility index (Phi) is 5.17. The van der Waals surface area contributed by atoms with E-state index in [0.29, 0.717) is 17.4 Å². The van der Waals surface area contributed by atoms with Crippen LogP contribution in [0.25, 0.3) is 0 Å². The van der Waals surface area contributed by atoms with Crippen LogP contribution >= 0.6 is 11.6 Å². The third-order valence-electron chi connectivity index (χ3n) is 4.25. The highest BCUT2D eigenvalue weighted by Crippen LogP contribution is 2.35. The van der Waals surface area contributed by atoms with E-state index in [4.69, 9.17) is 21.1 Å². The highest BCUT2D eigenvalue weighted by Gasteiger charge is 2.32. The number of benzene rings is 2. The maximum Gasteiger partial charge on any atom is 0.417 e. The molecule has 152 valence electrons. The first-order valence-electron chi connectivity index (χ1n) is 8.66. The quantitative estimate of drug-likeness (QED) is 0.366. The van der Waals surface area contributed by atoms with Gasteiger partial charge in [0.2, 0.25) is 5.88 Å². The molecule has 2 heterocycles. The van der Waals surface area contributed by atoms with Crippen molar-refractivity contribution in [2.24, 2.45) is 4.99 Å². The Morgan fingerprint density at radius 1 is 1.13 bits per heavy atom. The first kappa shape index (κ1) is 19.9. The Morgan fingerprint density at radius 2 is 1.93 bits per heavy atom. The summed E-state index contributed by atoms with van der Waals surface area (Å²) in [6, 6.07) is 14.2. The molecule has 0 saturated carbocycles. The van der Waals surface area contributed by atoms with Gasteiger partial charge in [0.15, 0.2) is 6.10 Å². The maximum absolute atomic E-state index is 12.7. The monoisotopic (exact) mass is 432 g/mol. The molecule has 30 heavy (non-hydrogen) atoms. The summed E-state index contributed by atoms with van der Waals surface area (Å²) < 4.78 is 49.0. The molecule has 0 saturated heterocycles. The number of halogens is 4. The van der Waals surface area contributed by atoms with E-state index < -0.39 is 23.8 Å². The molecule has 1 aliphatic heterocycles. The average Bonchev–Trinajstić information content (AvgIpc) is 3.04. The number of ether oxygens (including phenoxy) is 2. The van der Waals surface area contributed by atoms with E-state index in [1.165, 1.54) is 6.21 Å². The third-order valence-corrected chi connectivity index (χ3v) is 4.52. The molecule has 4 rings (SSSR count). The summed E-state index contributed by atoms with van der Waals surface area (Å²) in [5.74, 6) is -0.297. The lowest BCUT2D eigenvalue weighted by molar-refractivity contribution is -0.137. The zero-order valence-electron chi connectivity index (χ0n) is 15.1. The van der Waals surface area contributed by atoms with Gasteiger partial charge in [0.25, 0.3) is 0 Å². The summed E-state index contributed by atoms with van der Waals surface area (Å²) in [6.45, 7) is 0. The number of carbonyl (C=O) groups excluding carboxylic acids is 1. The molecular weight excluding hydrogens is 421 g/mol. The molecule has 5 nitrogen and oxygen atoms in total. The van der Waals surface area contributed by atoms with Gasteiger partial charge < -0.3 is 9.47 Å². The van der Waals surface area contributed by atoms with Crippen molar-refractivity contribution in [2.75, 3.05) is 0 Å². The van der Waals surface area contributed by atoms with Crippen LogP contribution in [0, 0.1) is 0 Å². The Labute approximate surface area is 173 Å². The lowest BCUT2D eigenvalue weighted by atomic mass is 10.1. The van der Waals surface area contributed by atoms with Gasteiger partial charge >= 0.3 is 12.1 Å². The van der Waals surface area contributed by atoms with Gasteiger partial charge in [0, 0.05) is 17.8 Å². The Balaban J connectivity index is 1.51. The molecule has 1 aromatic heterocycles. The number of aromatic nitrogens is 1. The van der Waals surface area contributed by atoms with Crippen LogP contribution in [-0.4, -0.2) is 17.2 Å². The second-order valence-electron chi connectivity index (χ2n) is 6.30. The fourth-order valence-electron chi connectivity index (χ4n) is 2.83. The first-order valence-corrected chi connectivity index (χ1v) is 9.04. The van der Waals surface area contributed by atoms with E-state index in [-0.39, 0.29) is 16.7 Å². The number of alkyl halides is 3. The molecule has 0 amide bonds. The molecular formula is C21H12ClF3N2O3. The molecule has 0 bridgehead atoms.